The van der Waals surface area contributed by atoms with Crippen molar-refractivity contribution >= 4 is 34.0 Å². The van der Waals surface area contributed by atoms with Crippen LogP contribution in [0.4, 0.5) is 0 Å². The van der Waals surface area contributed by atoms with E-state index in [2.05, 4.69) is 0 Å². The van der Waals surface area contributed by atoms with E-state index in [1.165, 1.54) is 23.5 Å². The molecule has 1 aliphatic heterocycles. The average molecular weight is 385 g/mol. The van der Waals surface area contributed by atoms with Gasteiger partial charge in [0.25, 0.3) is 0 Å². The summed E-state index contributed by atoms with van der Waals surface area (Å²) in [6.45, 7) is 5.28. The molecule has 1 heterocycles. The van der Waals surface area contributed by atoms with Gasteiger partial charge in [0.2, 0.25) is 10.0 Å². The summed E-state index contributed by atoms with van der Waals surface area (Å²) in [6.07, 6.45) is 0. The van der Waals surface area contributed by atoms with E-state index in [4.69, 9.17) is 26.8 Å². The van der Waals surface area contributed by atoms with Crippen molar-refractivity contribution < 1.29 is 17.9 Å². The molecule has 1 aromatic carbocycles. The van der Waals surface area contributed by atoms with E-state index in [1.807, 2.05) is 13.8 Å². The molecular formula is C14H22Cl2N2O4S. The molecule has 0 bridgehead atoms. The molecule has 6 nitrogen and oxygen atoms in total. The van der Waals surface area contributed by atoms with Crippen LogP contribution in [0.5, 0.6) is 11.5 Å². The van der Waals surface area contributed by atoms with E-state index >= 15 is 0 Å². The number of ether oxygens (including phenoxy) is 2. The van der Waals surface area contributed by atoms with Crippen LogP contribution in [0.25, 0.3) is 0 Å². The highest BCUT2D eigenvalue weighted by Gasteiger charge is 2.30. The standard InChI is InChI=1S/C14H21ClN2O4S.ClH/c1-14(2,8-16)9-17(3)22(18,19)13-7-12-11(6-10(13)15)20-4-5-21-12;/h6-7H,4-5,8-9,16H2,1-3H3;1H. The molecule has 1 aromatic rings. The van der Waals surface area contributed by atoms with Gasteiger partial charge >= 0.3 is 0 Å². The van der Waals surface area contributed by atoms with Gasteiger partial charge in [-0.3, -0.25) is 0 Å². The lowest BCUT2D eigenvalue weighted by Crippen LogP contribution is -2.39. The van der Waals surface area contributed by atoms with Gasteiger partial charge in [-0.2, -0.15) is 0 Å². The maximum Gasteiger partial charge on any atom is 0.244 e. The van der Waals surface area contributed by atoms with Crippen molar-refractivity contribution in [3.05, 3.63) is 17.2 Å². The quantitative estimate of drug-likeness (QED) is 0.840. The second-order valence-corrected chi connectivity index (χ2v) is 8.48. The molecule has 0 radical (unpaired) electrons. The molecule has 0 atom stereocenters. The highest BCUT2D eigenvalue weighted by molar-refractivity contribution is 7.89. The Morgan fingerprint density at radius 1 is 1.26 bits per heavy atom. The van der Waals surface area contributed by atoms with Gasteiger partial charge < -0.3 is 15.2 Å². The molecule has 0 saturated heterocycles. The summed E-state index contributed by atoms with van der Waals surface area (Å²) in [5, 5.41) is 0.113. The third-order valence-electron chi connectivity index (χ3n) is 3.49. The molecule has 0 saturated carbocycles. The van der Waals surface area contributed by atoms with Crippen molar-refractivity contribution in [2.45, 2.75) is 18.7 Å². The fraction of sp³-hybridized carbons (Fsp3) is 0.571. The van der Waals surface area contributed by atoms with Gasteiger partial charge in [0.15, 0.2) is 11.5 Å². The lowest BCUT2D eigenvalue weighted by molar-refractivity contribution is 0.171. The molecule has 2 rings (SSSR count). The Kier molecular flexibility index (Phi) is 6.57. The Hall–Kier alpha value is -0.730. The first-order valence-electron chi connectivity index (χ1n) is 6.93. The third kappa shape index (κ3) is 4.42. The number of fused-ring (bicyclic) bond motifs is 1. The first kappa shape index (κ1) is 20.3. The summed E-state index contributed by atoms with van der Waals surface area (Å²) < 4.78 is 37.6. The summed E-state index contributed by atoms with van der Waals surface area (Å²) in [5.74, 6) is 0.848. The summed E-state index contributed by atoms with van der Waals surface area (Å²) in [6, 6.07) is 2.89. The van der Waals surface area contributed by atoms with E-state index in [0.29, 0.717) is 31.3 Å². The van der Waals surface area contributed by atoms with Crippen LogP contribution in [0.15, 0.2) is 17.0 Å². The van der Waals surface area contributed by atoms with Gasteiger partial charge in [0.05, 0.1) is 5.02 Å². The zero-order valence-electron chi connectivity index (χ0n) is 13.3. The SMILES string of the molecule is CN(CC(C)(C)CN)S(=O)(=O)c1cc2c(cc1Cl)OCCO2.Cl. The van der Waals surface area contributed by atoms with Gasteiger partial charge in [0.1, 0.15) is 18.1 Å². The summed E-state index contributed by atoms with van der Waals surface area (Å²) in [5.41, 5.74) is 5.34. The largest absolute Gasteiger partial charge is 0.486 e. The van der Waals surface area contributed by atoms with Crippen LogP contribution in [0, 0.1) is 5.41 Å². The molecule has 23 heavy (non-hydrogen) atoms. The molecule has 0 amide bonds. The van der Waals surface area contributed by atoms with Crippen molar-refractivity contribution in [1.29, 1.82) is 0 Å². The fourth-order valence-corrected chi connectivity index (χ4v) is 4.03. The zero-order chi connectivity index (χ0) is 16.5. The molecular weight excluding hydrogens is 363 g/mol. The van der Waals surface area contributed by atoms with Crippen molar-refractivity contribution in [1.82, 2.24) is 4.31 Å². The number of rotatable bonds is 5. The van der Waals surface area contributed by atoms with Crippen molar-refractivity contribution in [3.8, 4) is 11.5 Å². The molecule has 9 heteroatoms. The minimum absolute atomic E-state index is 0. The summed E-state index contributed by atoms with van der Waals surface area (Å²) in [4.78, 5) is 0.00809. The minimum Gasteiger partial charge on any atom is -0.486 e. The third-order valence-corrected chi connectivity index (χ3v) is 5.76. The van der Waals surface area contributed by atoms with E-state index in [1.54, 1.807) is 0 Å². The number of benzene rings is 1. The van der Waals surface area contributed by atoms with Crippen LogP contribution in [0.2, 0.25) is 5.02 Å². The molecule has 0 unspecified atom stereocenters. The second kappa shape index (κ2) is 7.44. The smallest absolute Gasteiger partial charge is 0.244 e. The van der Waals surface area contributed by atoms with Gasteiger partial charge in [-0.1, -0.05) is 25.4 Å². The number of nitrogens with two attached hydrogens (primary N) is 1. The fourth-order valence-electron chi connectivity index (χ4n) is 2.16. The van der Waals surface area contributed by atoms with E-state index < -0.39 is 10.0 Å². The number of halogens is 2. The lowest BCUT2D eigenvalue weighted by Gasteiger charge is -2.29. The Labute approximate surface area is 148 Å². The molecule has 0 spiro atoms. The molecule has 0 aliphatic carbocycles. The zero-order valence-corrected chi connectivity index (χ0v) is 15.7. The van der Waals surface area contributed by atoms with Crippen LogP contribution < -0.4 is 15.2 Å². The van der Waals surface area contributed by atoms with Crippen molar-refractivity contribution in [2.24, 2.45) is 11.1 Å². The Bertz CT molecular complexity index is 665. The first-order valence-corrected chi connectivity index (χ1v) is 8.75. The van der Waals surface area contributed by atoms with Crippen LogP contribution in [0.1, 0.15) is 13.8 Å². The number of hydrogen-bond acceptors (Lipinski definition) is 5. The van der Waals surface area contributed by atoms with Gasteiger partial charge in [0, 0.05) is 25.7 Å². The van der Waals surface area contributed by atoms with Crippen LogP contribution in [0.3, 0.4) is 0 Å². The first-order chi connectivity index (χ1) is 10.2. The van der Waals surface area contributed by atoms with Crippen molar-refractivity contribution in [3.63, 3.8) is 0 Å². The lowest BCUT2D eigenvalue weighted by atomic mass is 9.94. The predicted octanol–water partition coefficient (Wildman–Crippen LogP) is 2.14. The molecule has 0 aromatic heterocycles. The van der Waals surface area contributed by atoms with Crippen LogP contribution >= 0.6 is 24.0 Å². The maximum absolute atomic E-state index is 12.7. The summed E-state index contributed by atoms with van der Waals surface area (Å²) >= 11 is 6.13. The average Bonchev–Trinajstić information content (AvgIpc) is 2.45. The van der Waals surface area contributed by atoms with Crippen LogP contribution in [-0.2, 0) is 10.0 Å². The number of nitrogens with zero attached hydrogens (tertiary/aromatic N) is 1. The molecule has 2 N–H and O–H groups in total. The van der Waals surface area contributed by atoms with E-state index in [-0.39, 0.29) is 34.3 Å². The van der Waals surface area contributed by atoms with Gasteiger partial charge in [-0.05, 0) is 12.0 Å². The highest BCUT2D eigenvalue weighted by atomic mass is 35.5. The Morgan fingerprint density at radius 2 is 1.78 bits per heavy atom. The minimum atomic E-state index is -3.74. The van der Waals surface area contributed by atoms with Crippen LogP contribution in [-0.4, -0.2) is 46.1 Å². The topological polar surface area (TPSA) is 81.9 Å². The Balaban J connectivity index is 0.00000264. The highest BCUT2D eigenvalue weighted by Crippen LogP contribution is 2.38. The number of sulfonamides is 1. The molecule has 132 valence electrons. The maximum atomic E-state index is 12.7. The monoisotopic (exact) mass is 384 g/mol. The predicted molar refractivity (Wildman–Crippen MR) is 92.3 cm³/mol. The molecule has 0 fully saturated rings. The number of hydrogen-bond donors (Lipinski definition) is 1. The summed E-state index contributed by atoms with van der Waals surface area (Å²) in [7, 11) is -2.22. The second-order valence-electron chi connectivity index (χ2n) is 6.06. The Morgan fingerprint density at radius 3 is 2.30 bits per heavy atom. The van der Waals surface area contributed by atoms with Crippen molar-refractivity contribution in [2.75, 3.05) is 33.4 Å². The van der Waals surface area contributed by atoms with Gasteiger partial charge in [-0.15, -0.1) is 12.4 Å². The van der Waals surface area contributed by atoms with E-state index in [0.717, 1.165) is 0 Å². The van der Waals surface area contributed by atoms with E-state index in [9.17, 15) is 8.42 Å². The molecule has 1 aliphatic rings. The van der Waals surface area contributed by atoms with Gasteiger partial charge in [-0.25, -0.2) is 12.7 Å². The normalized spacial score (nSPS) is 14.5.